The highest BCUT2D eigenvalue weighted by Crippen LogP contribution is 2.22. The summed E-state index contributed by atoms with van der Waals surface area (Å²) < 4.78 is 5.61. The van der Waals surface area contributed by atoms with Crippen LogP contribution in [0.3, 0.4) is 0 Å². The number of halogens is 2. The van der Waals surface area contributed by atoms with Crippen molar-refractivity contribution < 1.29 is 4.74 Å². The number of aromatic nitrogens is 1. The fourth-order valence-electron chi connectivity index (χ4n) is 1.29. The van der Waals surface area contributed by atoms with E-state index in [4.69, 9.17) is 10.5 Å². The molecule has 0 saturated carbocycles. The lowest BCUT2D eigenvalue weighted by atomic mass is 10.2. The standard InChI is InChI=1S/C12H12N2O.2ClH/c13-9-10-5-1-2-6-11(10)15-12-7-3-4-8-14-12;;/h1-8H,9,13H2;2*1H. The Morgan fingerprint density at radius 2 is 1.71 bits per heavy atom. The van der Waals surface area contributed by atoms with Crippen molar-refractivity contribution in [1.82, 2.24) is 4.98 Å². The SMILES string of the molecule is Cl.Cl.NCc1ccccc1Oc1ccccn1. The van der Waals surface area contributed by atoms with Gasteiger partial charge in [0.25, 0.3) is 0 Å². The van der Waals surface area contributed by atoms with Gasteiger partial charge in [0.15, 0.2) is 0 Å². The van der Waals surface area contributed by atoms with E-state index in [0.29, 0.717) is 12.4 Å². The summed E-state index contributed by atoms with van der Waals surface area (Å²) in [4.78, 5) is 4.09. The van der Waals surface area contributed by atoms with Gasteiger partial charge in [-0.05, 0) is 12.1 Å². The fourth-order valence-corrected chi connectivity index (χ4v) is 1.29. The molecule has 0 saturated heterocycles. The van der Waals surface area contributed by atoms with Gasteiger partial charge in [-0.3, -0.25) is 0 Å². The maximum Gasteiger partial charge on any atom is 0.219 e. The predicted molar refractivity (Wildman–Crippen MR) is 73.1 cm³/mol. The van der Waals surface area contributed by atoms with Crippen LogP contribution >= 0.6 is 24.8 Å². The smallest absolute Gasteiger partial charge is 0.219 e. The average Bonchev–Trinajstić information content (AvgIpc) is 2.31. The zero-order valence-electron chi connectivity index (χ0n) is 9.08. The second-order valence-electron chi connectivity index (χ2n) is 3.08. The molecule has 0 aliphatic heterocycles. The highest BCUT2D eigenvalue weighted by Gasteiger charge is 2.02. The molecular formula is C12H14Cl2N2O. The topological polar surface area (TPSA) is 48.1 Å². The zero-order chi connectivity index (χ0) is 10.5. The number of benzene rings is 1. The second-order valence-corrected chi connectivity index (χ2v) is 3.08. The van der Waals surface area contributed by atoms with Gasteiger partial charge in [-0.15, -0.1) is 24.8 Å². The lowest BCUT2D eigenvalue weighted by Gasteiger charge is -2.08. The molecule has 2 rings (SSSR count). The van der Waals surface area contributed by atoms with Crippen molar-refractivity contribution in [2.24, 2.45) is 5.73 Å². The minimum Gasteiger partial charge on any atom is -0.439 e. The Labute approximate surface area is 113 Å². The summed E-state index contributed by atoms with van der Waals surface area (Å²) in [5.74, 6) is 1.34. The zero-order valence-corrected chi connectivity index (χ0v) is 10.7. The van der Waals surface area contributed by atoms with E-state index < -0.39 is 0 Å². The van der Waals surface area contributed by atoms with Gasteiger partial charge in [0.05, 0.1) is 0 Å². The van der Waals surface area contributed by atoms with Crippen LogP contribution in [0, 0.1) is 0 Å². The Balaban J connectivity index is 0.00000128. The van der Waals surface area contributed by atoms with Crippen molar-refractivity contribution in [3.05, 3.63) is 54.2 Å². The van der Waals surface area contributed by atoms with Crippen LogP contribution in [0.15, 0.2) is 48.7 Å². The summed E-state index contributed by atoms with van der Waals surface area (Å²) in [6.45, 7) is 0.461. The first-order valence-corrected chi connectivity index (χ1v) is 4.77. The number of ether oxygens (including phenoxy) is 1. The molecule has 0 unspecified atom stereocenters. The number of para-hydroxylation sites is 1. The minimum atomic E-state index is 0. The van der Waals surface area contributed by atoms with Crippen LogP contribution in [0.5, 0.6) is 11.6 Å². The molecule has 0 amide bonds. The maximum atomic E-state index is 5.61. The quantitative estimate of drug-likeness (QED) is 0.934. The molecular weight excluding hydrogens is 259 g/mol. The molecule has 0 aliphatic carbocycles. The lowest BCUT2D eigenvalue weighted by molar-refractivity contribution is 0.457. The van der Waals surface area contributed by atoms with E-state index in [9.17, 15) is 0 Å². The number of nitrogens with two attached hydrogens (primary N) is 1. The molecule has 17 heavy (non-hydrogen) atoms. The predicted octanol–water partition coefficient (Wildman–Crippen LogP) is 3.18. The van der Waals surface area contributed by atoms with Gasteiger partial charge in [-0.2, -0.15) is 0 Å². The molecule has 0 atom stereocenters. The van der Waals surface area contributed by atoms with Crippen LogP contribution in [0.2, 0.25) is 0 Å². The van der Waals surface area contributed by atoms with Crippen molar-refractivity contribution in [1.29, 1.82) is 0 Å². The number of hydrogen-bond acceptors (Lipinski definition) is 3. The molecule has 0 bridgehead atoms. The van der Waals surface area contributed by atoms with Gasteiger partial charge in [-0.1, -0.05) is 24.3 Å². The molecule has 0 aliphatic rings. The minimum absolute atomic E-state index is 0. The van der Waals surface area contributed by atoms with Crippen LogP contribution in [0.25, 0.3) is 0 Å². The van der Waals surface area contributed by atoms with Crippen LogP contribution in [0.4, 0.5) is 0 Å². The van der Waals surface area contributed by atoms with E-state index in [1.54, 1.807) is 6.20 Å². The first-order chi connectivity index (χ1) is 7.40. The summed E-state index contributed by atoms with van der Waals surface area (Å²) in [6.07, 6.45) is 1.69. The van der Waals surface area contributed by atoms with E-state index in [2.05, 4.69) is 4.98 Å². The third-order valence-corrected chi connectivity index (χ3v) is 2.04. The Hall–Kier alpha value is -1.29. The first kappa shape index (κ1) is 15.7. The molecule has 2 N–H and O–H groups in total. The fraction of sp³-hybridized carbons (Fsp3) is 0.0833. The van der Waals surface area contributed by atoms with Crippen LogP contribution < -0.4 is 10.5 Å². The van der Waals surface area contributed by atoms with Crippen molar-refractivity contribution in [2.75, 3.05) is 0 Å². The molecule has 0 spiro atoms. The normalized spacial score (nSPS) is 8.76. The average molecular weight is 273 g/mol. The van der Waals surface area contributed by atoms with Gasteiger partial charge in [-0.25, -0.2) is 4.98 Å². The lowest BCUT2D eigenvalue weighted by Crippen LogP contribution is -1.99. The molecule has 92 valence electrons. The summed E-state index contributed by atoms with van der Waals surface area (Å²) in [6, 6.07) is 13.2. The molecule has 0 fully saturated rings. The van der Waals surface area contributed by atoms with E-state index in [0.717, 1.165) is 11.3 Å². The Kier molecular flexibility index (Phi) is 7.30. The molecule has 2 aromatic rings. The van der Waals surface area contributed by atoms with Crippen LogP contribution in [-0.4, -0.2) is 4.98 Å². The summed E-state index contributed by atoms with van der Waals surface area (Å²) >= 11 is 0. The summed E-state index contributed by atoms with van der Waals surface area (Å²) in [5, 5.41) is 0. The molecule has 0 radical (unpaired) electrons. The van der Waals surface area contributed by atoms with Crippen molar-refractivity contribution >= 4 is 24.8 Å². The summed E-state index contributed by atoms with van der Waals surface area (Å²) in [7, 11) is 0. The number of rotatable bonds is 3. The van der Waals surface area contributed by atoms with E-state index in [-0.39, 0.29) is 24.8 Å². The Bertz CT molecular complexity index is 438. The number of pyridine rings is 1. The van der Waals surface area contributed by atoms with E-state index in [1.165, 1.54) is 0 Å². The van der Waals surface area contributed by atoms with Crippen molar-refractivity contribution in [3.63, 3.8) is 0 Å². The third-order valence-electron chi connectivity index (χ3n) is 2.04. The van der Waals surface area contributed by atoms with Crippen molar-refractivity contribution in [3.8, 4) is 11.6 Å². The van der Waals surface area contributed by atoms with Gasteiger partial charge in [0.2, 0.25) is 5.88 Å². The highest BCUT2D eigenvalue weighted by molar-refractivity contribution is 5.85. The van der Waals surface area contributed by atoms with Crippen LogP contribution in [-0.2, 0) is 6.54 Å². The molecule has 3 nitrogen and oxygen atoms in total. The molecule has 1 aromatic carbocycles. The van der Waals surface area contributed by atoms with Gasteiger partial charge >= 0.3 is 0 Å². The Morgan fingerprint density at radius 1 is 1.00 bits per heavy atom. The second kappa shape index (κ2) is 7.90. The largest absolute Gasteiger partial charge is 0.439 e. The molecule has 1 heterocycles. The number of nitrogens with zero attached hydrogens (tertiary/aromatic N) is 1. The van der Waals surface area contributed by atoms with Crippen molar-refractivity contribution in [2.45, 2.75) is 6.54 Å². The number of hydrogen-bond donors (Lipinski definition) is 1. The van der Waals surface area contributed by atoms with E-state index >= 15 is 0 Å². The van der Waals surface area contributed by atoms with Gasteiger partial charge in [0, 0.05) is 24.4 Å². The Morgan fingerprint density at radius 3 is 2.35 bits per heavy atom. The van der Waals surface area contributed by atoms with E-state index in [1.807, 2.05) is 42.5 Å². The molecule has 1 aromatic heterocycles. The first-order valence-electron chi connectivity index (χ1n) is 4.77. The summed E-state index contributed by atoms with van der Waals surface area (Å²) in [5.41, 5.74) is 6.58. The van der Waals surface area contributed by atoms with Gasteiger partial charge < -0.3 is 10.5 Å². The van der Waals surface area contributed by atoms with Gasteiger partial charge in [0.1, 0.15) is 5.75 Å². The highest BCUT2D eigenvalue weighted by atomic mass is 35.5. The monoisotopic (exact) mass is 272 g/mol. The maximum absolute atomic E-state index is 5.61. The molecule has 5 heteroatoms. The van der Waals surface area contributed by atoms with Crippen LogP contribution in [0.1, 0.15) is 5.56 Å². The third kappa shape index (κ3) is 4.23.